The van der Waals surface area contributed by atoms with E-state index in [-0.39, 0.29) is 6.42 Å². The van der Waals surface area contributed by atoms with E-state index in [1.807, 2.05) is 6.26 Å². The number of nitrogens with one attached hydrogen (secondary N) is 1. The normalized spacial score (nSPS) is 12.6. The van der Waals surface area contributed by atoms with E-state index in [1.54, 1.807) is 31.2 Å². The van der Waals surface area contributed by atoms with Gasteiger partial charge in [0.15, 0.2) is 4.34 Å². The van der Waals surface area contributed by atoms with Gasteiger partial charge in [0.25, 0.3) is 0 Å². The Labute approximate surface area is 159 Å². The number of thioether (sulfide) groups is 1. The fourth-order valence-corrected chi connectivity index (χ4v) is 4.69. The molecule has 1 aromatic heterocycles. The first-order valence-corrected chi connectivity index (χ1v) is 11.5. The number of benzene rings is 1. The summed E-state index contributed by atoms with van der Waals surface area (Å²) in [7, 11) is -3.69. The Balaban J connectivity index is 2.32. The van der Waals surface area contributed by atoms with E-state index in [1.165, 1.54) is 23.1 Å². The first-order chi connectivity index (χ1) is 11.8. The number of anilines is 2. The predicted molar refractivity (Wildman–Crippen MR) is 103 cm³/mol. The van der Waals surface area contributed by atoms with E-state index >= 15 is 0 Å². The van der Waals surface area contributed by atoms with E-state index in [0.29, 0.717) is 20.2 Å². The van der Waals surface area contributed by atoms with Crippen LogP contribution in [0.4, 0.5) is 10.8 Å². The minimum Gasteiger partial charge on any atom is -0.299 e. The molecule has 0 bridgehead atoms. The maximum atomic E-state index is 12.7. The third-order valence-electron chi connectivity index (χ3n) is 3.22. The van der Waals surface area contributed by atoms with Crippen molar-refractivity contribution in [2.45, 2.75) is 23.7 Å². The van der Waals surface area contributed by atoms with Crippen LogP contribution in [0.1, 0.15) is 13.3 Å². The van der Waals surface area contributed by atoms with Gasteiger partial charge in [-0.2, -0.15) is 0 Å². The number of nitrogens with zero attached hydrogens (tertiary/aromatic N) is 3. The summed E-state index contributed by atoms with van der Waals surface area (Å²) in [6.07, 6.45) is 3.21. The molecule has 1 N–H and O–H groups in total. The van der Waals surface area contributed by atoms with Crippen LogP contribution in [0.5, 0.6) is 0 Å². The molecule has 1 atom stereocenters. The highest BCUT2D eigenvalue weighted by Crippen LogP contribution is 2.26. The molecular formula is C14H17ClN4O3S3. The zero-order valence-electron chi connectivity index (χ0n) is 13.8. The van der Waals surface area contributed by atoms with Gasteiger partial charge in [-0.25, -0.2) is 8.42 Å². The van der Waals surface area contributed by atoms with Gasteiger partial charge >= 0.3 is 0 Å². The third-order valence-corrected chi connectivity index (χ3v) is 6.47. The molecule has 0 saturated carbocycles. The molecule has 0 spiro atoms. The Hall–Kier alpha value is -1.36. The number of carbonyl (C=O) groups is 1. The number of halogens is 1. The van der Waals surface area contributed by atoms with Crippen LogP contribution in [-0.2, 0) is 14.8 Å². The van der Waals surface area contributed by atoms with Crippen molar-refractivity contribution in [3.63, 3.8) is 0 Å². The fourth-order valence-electron chi connectivity index (χ4n) is 2.18. The molecule has 0 unspecified atom stereocenters. The minimum absolute atomic E-state index is 0.287. The van der Waals surface area contributed by atoms with Gasteiger partial charge in [0, 0.05) is 5.02 Å². The maximum Gasteiger partial charge on any atom is 0.250 e. The van der Waals surface area contributed by atoms with Crippen LogP contribution in [-0.4, -0.2) is 43.1 Å². The zero-order valence-corrected chi connectivity index (χ0v) is 17.0. The summed E-state index contributed by atoms with van der Waals surface area (Å²) in [6, 6.07) is 5.37. The van der Waals surface area contributed by atoms with Crippen LogP contribution in [0.25, 0.3) is 0 Å². The molecule has 136 valence electrons. The average Bonchev–Trinajstić information content (AvgIpc) is 3.00. The topological polar surface area (TPSA) is 92.3 Å². The lowest BCUT2D eigenvalue weighted by Crippen LogP contribution is -2.46. The molecular weight excluding hydrogens is 404 g/mol. The van der Waals surface area contributed by atoms with Crippen molar-refractivity contribution in [2.24, 2.45) is 0 Å². The first-order valence-electron chi connectivity index (χ1n) is 7.19. The number of rotatable bonds is 7. The molecule has 2 rings (SSSR count). The smallest absolute Gasteiger partial charge is 0.250 e. The number of hydrogen-bond donors (Lipinski definition) is 1. The van der Waals surface area contributed by atoms with Crippen LogP contribution < -0.4 is 9.62 Å². The number of hydrogen-bond acceptors (Lipinski definition) is 7. The quantitative estimate of drug-likeness (QED) is 0.546. The minimum atomic E-state index is -3.69. The predicted octanol–water partition coefficient (Wildman–Crippen LogP) is 3.10. The molecule has 0 aliphatic heterocycles. The number of sulfonamides is 1. The van der Waals surface area contributed by atoms with Gasteiger partial charge in [-0.15, -0.1) is 10.2 Å². The molecule has 0 fully saturated rings. The third kappa shape index (κ3) is 5.06. The highest BCUT2D eigenvalue weighted by molar-refractivity contribution is 8.00. The number of carbonyl (C=O) groups excluding carboxylic acids is 1. The van der Waals surface area contributed by atoms with Gasteiger partial charge < -0.3 is 0 Å². The van der Waals surface area contributed by atoms with Crippen molar-refractivity contribution in [2.75, 3.05) is 22.1 Å². The Kier molecular flexibility index (Phi) is 6.66. The second kappa shape index (κ2) is 8.35. The summed E-state index contributed by atoms with van der Waals surface area (Å²) in [5, 5.41) is 11.2. The summed E-state index contributed by atoms with van der Waals surface area (Å²) < 4.78 is 26.4. The van der Waals surface area contributed by atoms with Crippen molar-refractivity contribution in [1.82, 2.24) is 10.2 Å². The Morgan fingerprint density at radius 2 is 2.00 bits per heavy atom. The summed E-state index contributed by atoms with van der Waals surface area (Å²) in [4.78, 5) is 12.7. The molecule has 0 aliphatic carbocycles. The van der Waals surface area contributed by atoms with E-state index in [9.17, 15) is 13.2 Å². The van der Waals surface area contributed by atoms with Gasteiger partial charge in [0.05, 0.1) is 11.9 Å². The Bertz CT molecular complexity index is 839. The standard InChI is InChI=1S/C14H17ClN4O3S3/c1-4-11(12(20)16-13-17-18-14(23-2)24-13)19(25(3,21)22)10-7-5-9(15)6-8-10/h5-8,11H,4H2,1-3H3,(H,16,17,20)/t11-/m1/s1. The van der Waals surface area contributed by atoms with Gasteiger partial charge in [-0.1, -0.05) is 41.6 Å². The van der Waals surface area contributed by atoms with Crippen molar-refractivity contribution >= 4 is 61.4 Å². The average molecular weight is 421 g/mol. The van der Waals surface area contributed by atoms with Gasteiger partial charge in [0.1, 0.15) is 6.04 Å². The van der Waals surface area contributed by atoms with Crippen molar-refractivity contribution in [3.05, 3.63) is 29.3 Å². The Morgan fingerprint density at radius 3 is 2.48 bits per heavy atom. The molecule has 11 heteroatoms. The van der Waals surface area contributed by atoms with Crippen LogP contribution in [0.15, 0.2) is 28.6 Å². The van der Waals surface area contributed by atoms with E-state index in [4.69, 9.17) is 11.6 Å². The number of aromatic nitrogens is 2. The van der Waals surface area contributed by atoms with Crippen molar-refractivity contribution in [1.29, 1.82) is 0 Å². The monoisotopic (exact) mass is 420 g/mol. The molecule has 1 amide bonds. The lowest BCUT2D eigenvalue weighted by molar-refractivity contribution is -0.117. The van der Waals surface area contributed by atoms with Crippen molar-refractivity contribution < 1.29 is 13.2 Å². The summed E-state index contributed by atoms with van der Waals surface area (Å²) in [6.45, 7) is 1.74. The lowest BCUT2D eigenvalue weighted by atomic mass is 10.2. The van der Waals surface area contributed by atoms with E-state index < -0.39 is 22.0 Å². The number of amides is 1. The van der Waals surface area contributed by atoms with Gasteiger partial charge in [-0.05, 0) is 36.9 Å². The van der Waals surface area contributed by atoms with E-state index in [2.05, 4.69) is 15.5 Å². The largest absolute Gasteiger partial charge is 0.299 e. The Morgan fingerprint density at radius 1 is 1.36 bits per heavy atom. The second-order valence-corrected chi connectivity index (χ2v) is 9.35. The molecule has 1 aromatic carbocycles. The second-order valence-electron chi connectivity index (χ2n) is 5.03. The summed E-state index contributed by atoms with van der Waals surface area (Å²) in [5.41, 5.74) is 0.371. The summed E-state index contributed by atoms with van der Waals surface area (Å²) in [5.74, 6) is -0.466. The van der Waals surface area contributed by atoms with Gasteiger partial charge in [0.2, 0.25) is 21.1 Å². The van der Waals surface area contributed by atoms with Crippen molar-refractivity contribution in [3.8, 4) is 0 Å². The molecule has 2 aromatic rings. The molecule has 1 heterocycles. The van der Waals surface area contributed by atoms with Crippen LogP contribution in [0.3, 0.4) is 0 Å². The van der Waals surface area contributed by atoms with Crippen LogP contribution in [0, 0.1) is 0 Å². The molecule has 7 nitrogen and oxygen atoms in total. The van der Waals surface area contributed by atoms with Gasteiger partial charge in [-0.3, -0.25) is 14.4 Å². The SMILES string of the molecule is CC[C@H](C(=O)Nc1nnc(SC)s1)N(c1ccc(Cl)cc1)S(C)(=O)=O. The fraction of sp³-hybridized carbons (Fsp3) is 0.357. The van der Waals surface area contributed by atoms with E-state index in [0.717, 1.165) is 10.6 Å². The molecule has 0 saturated heterocycles. The maximum absolute atomic E-state index is 12.7. The summed E-state index contributed by atoms with van der Waals surface area (Å²) >= 11 is 8.51. The van der Waals surface area contributed by atoms with Crippen LogP contribution in [0.2, 0.25) is 5.02 Å². The molecule has 0 aliphatic rings. The lowest BCUT2D eigenvalue weighted by Gasteiger charge is -2.29. The molecule has 25 heavy (non-hydrogen) atoms. The zero-order chi connectivity index (χ0) is 18.6. The first kappa shape index (κ1) is 20.0. The molecule has 0 radical (unpaired) electrons. The highest BCUT2D eigenvalue weighted by atomic mass is 35.5. The van der Waals surface area contributed by atoms with Crippen LogP contribution >= 0.6 is 34.7 Å². The highest BCUT2D eigenvalue weighted by Gasteiger charge is 2.32.